The molecule has 1 heterocycles. The Kier molecular flexibility index (Phi) is 3.84. The lowest BCUT2D eigenvalue weighted by Crippen LogP contribution is -2.15. The summed E-state index contributed by atoms with van der Waals surface area (Å²) >= 11 is 0. The van der Waals surface area contributed by atoms with E-state index in [0.29, 0.717) is 5.82 Å². The van der Waals surface area contributed by atoms with Crippen molar-refractivity contribution in [3.63, 3.8) is 0 Å². The van der Waals surface area contributed by atoms with E-state index < -0.39 is 14.8 Å². The molecular formula is C8H12N4O4S. The van der Waals surface area contributed by atoms with Crippen molar-refractivity contribution >= 4 is 27.0 Å². The summed E-state index contributed by atoms with van der Waals surface area (Å²) in [6, 6.07) is 1.29. The van der Waals surface area contributed by atoms with Crippen LogP contribution in [0, 0.1) is 10.1 Å². The summed E-state index contributed by atoms with van der Waals surface area (Å²) in [4.78, 5) is 13.6. The molecule has 0 spiro atoms. The summed E-state index contributed by atoms with van der Waals surface area (Å²) in [5.41, 5.74) is 5.14. The molecule has 0 unspecified atom stereocenters. The number of aromatic nitrogens is 1. The number of nitro groups is 1. The van der Waals surface area contributed by atoms with E-state index in [2.05, 4.69) is 10.3 Å². The van der Waals surface area contributed by atoms with Gasteiger partial charge in [0.15, 0.2) is 0 Å². The van der Waals surface area contributed by atoms with Gasteiger partial charge in [-0.25, -0.2) is 13.4 Å². The van der Waals surface area contributed by atoms with Gasteiger partial charge in [-0.2, -0.15) is 0 Å². The van der Waals surface area contributed by atoms with Crippen LogP contribution in [0.5, 0.6) is 0 Å². The molecule has 0 aliphatic rings. The topological polar surface area (TPSA) is 128 Å². The zero-order valence-corrected chi connectivity index (χ0v) is 9.90. The average molecular weight is 260 g/mol. The molecule has 9 heteroatoms. The van der Waals surface area contributed by atoms with Gasteiger partial charge in [0.05, 0.1) is 10.7 Å². The number of nitrogens with two attached hydrogens (primary N) is 1. The molecule has 1 aromatic heterocycles. The normalized spacial score (nSPS) is 11.1. The molecule has 0 fully saturated rings. The minimum atomic E-state index is -3.06. The second-order valence-corrected chi connectivity index (χ2v) is 5.70. The van der Waals surface area contributed by atoms with Crippen LogP contribution in [0.3, 0.4) is 0 Å². The van der Waals surface area contributed by atoms with E-state index in [1.54, 1.807) is 0 Å². The van der Waals surface area contributed by atoms with Crippen molar-refractivity contribution in [3.8, 4) is 0 Å². The highest BCUT2D eigenvalue weighted by Gasteiger charge is 2.12. The number of nitrogen functional groups attached to an aromatic ring is 1. The molecule has 3 N–H and O–H groups in total. The third-order valence-corrected chi connectivity index (χ3v) is 2.84. The summed E-state index contributed by atoms with van der Waals surface area (Å²) < 4.78 is 21.7. The second-order valence-electron chi connectivity index (χ2n) is 3.44. The maximum Gasteiger partial charge on any atom is 0.310 e. The predicted molar refractivity (Wildman–Crippen MR) is 63.5 cm³/mol. The molecule has 1 rings (SSSR count). The van der Waals surface area contributed by atoms with Gasteiger partial charge >= 0.3 is 5.69 Å². The molecule has 8 nitrogen and oxygen atoms in total. The van der Waals surface area contributed by atoms with Gasteiger partial charge < -0.3 is 11.1 Å². The zero-order valence-electron chi connectivity index (χ0n) is 9.08. The third kappa shape index (κ3) is 4.23. The fraction of sp³-hybridized carbons (Fsp3) is 0.375. The van der Waals surface area contributed by atoms with E-state index in [1.165, 1.54) is 6.07 Å². The van der Waals surface area contributed by atoms with E-state index in [-0.39, 0.29) is 23.7 Å². The van der Waals surface area contributed by atoms with Crippen LogP contribution in [0.4, 0.5) is 17.2 Å². The molecule has 0 amide bonds. The lowest BCUT2D eigenvalue weighted by atomic mass is 10.3. The number of rotatable bonds is 5. The Labute approximate surface area is 97.9 Å². The van der Waals surface area contributed by atoms with Gasteiger partial charge in [-0.1, -0.05) is 0 Å². The molecule has 0 saturated carbocycles. The van der Waals surface area contributed by atoms with Gasteiger partial charge in [-0.05, 0) is 0 Å². The Morgan fingerprint density at radius 3 is 2.71 bits per heavy atom. The Bertz CT molecular complexity index is 528. The highest BCUT2D eigenvalue weighted by Crippen LogP contribution is 2.21. The van der Waals surface area contributed by atoms with E-state index >= 15 is 0 Å². The number of hydrogen-bond acceptors (Lipinski definition) is 7. The molecule has 0 radical (unpaired) electrons. The van der Waals surface area contributed by atoms with Crippen LogP contribution < -0.4 is 11.1 Å². The van der Waals surface area contributed by atoms with Gasteiger partial charge in [-0.15, -0.1) is 0 Å². The van der Waals surface area contributed by atoms with Crippen molar-refractivity contribution < 1.29 is 13.3 Å². The Morgan fingerprint density at radius 1 is 1.59 bits per heavy atom. The van der Waals surface area contributed by atoms with Crippen molar-refractivity contribution in [2.75, 3.05) is 29.6 Å². The molecule has 0 bridgehead atoms. The molecular weight excluding hydrogens is 248 g/mol. The van der Waals surface area contributed by atoms with Gasteiger partial charge in [0.25, 0.3) is 0 Å². The van der Waals surface area contributed by atoms with Crippen molar-refractivity contribution in [2.24, 2.45) is 0 Å². The molecule has 0 aliphatic heterocycles. The molecule has 1 aromatic rings. The quantitative estimate of drug-likeness (QED) is 0.564. The van der Waals surface area contributed by atoms with E-state index in [1.807, 2.05) is 0 Å². The van der Waals surface area contributed by atoms with Crippen molar-refractivity contribution in [2.45, 2.75) is 0 Å². The molecule has 0 saturated heterocycles. The standard InChI is InChI=1S/C8H12N4O4S/c1-17(15,16)3-2-10-8-4-6(9)7(5-11-8)12(13)14/h4-5H,2-3H2,1H3,(H3,9,10,11). The number of pyridine rings is 1. The Hall–Kier alpha value is -1.90. The summed E-state index contributed by atoms with van der Waals surface area (Å²) in [5, 5.41) is 13.2. The largest absolute Gasteiger partial charge is 0.393 e. The summed E-state index contributed by atoms with van der Waals surface area (Å²) in [6.07, 6.45) is 2.14. The molecule has 94 valence electrons. The molecule has 0 aromatic carbocycles. The van der Waals surface area contributed by atoms with Crippen LogP contribution in [0.25, 0.3) is 0 Å². The lowest BCUT2D eigenvalue weighted by Gasteiger charge is -2.05. The SMILES string of the molecule is CS(=O)(=O)CCNc1cc(N)c([N+](=O)[O-])cn1. The number of sulfone groups is 1. The maximum absolute atomic E-state index is 10.9. The lowest BCUT2D eigenvalue weighted by molar-refractivity contribution is -0.384. The molecule has 17 heavy (non-hydrogen) atoms. The van der Waals surface area contributed by atoms with Gasteiger partial charge in [0, 0.05) is 18.9 Å². The highest BCUT2D eigenvalue weighted by atomic mass is 32.2. The first-order valence-electron chi connectivity index (χ1n) is 4.61. The minimum absolute atomic E-state index is 0.0214. The summed E-state index contributed by atoms with van der Waals surface area (Å²) in [7, 11) is -3.06. The number of anilines is 2. The van der Waals surface area contributed by atoms with Crippen LogP contribution in [-0.4, -0.2) is 36.9 Å². The number of hydrogen-bond donors (Lipinski definition) is 2. The first-order chi connectivity index (χ1) is 7.79. The number of nitrogens with one attached hydrogen (secondary N) is 1. The summed E-state index contributed by atoms with van der Waals surface area (Å²) in [6.45, 7) is 0.170. The van der Waals surface area contributed by atoms with Crippen LogP contribution in [-0.2, 0) is 9.84 Å². The van der Waals surface area contributed by atoms with Gasteiger partial charge in [0.1, 0.15) is 27.5 Å². The van der Waals surface area contributed by atoms with E-state index in [9.17, 15) is 18.5 Å². The van der Waals surface area contributed by atoms with Crippen LogP contribution in [0.2, 0.25) is 0 Å². The molecule has 0 atom stereocenters. The zero-order chi connectivity index (χ0) is 13.1. The highest BCUT2D eigenvalue weighted by molar-refractivity contribution is 7.90. The van der Waals surface area contributed by atoms with E-state index in [4.69, 9.17) is 5.73 Å². The smallest absolute Gasteiger partial charge is 0.310 e. The molecule has 0 aliphatic carbocycles. The first-order valence-corrected chi connectivity index (χ1v) is 6.67. The second kappa shape index (κ2) is 4.95. The average Bonchev–Trinajstić information content (AvgIpc) is 2.15. The Balaban J connectivity index is 2.68. The van der Waals surface area contributed by atoms with Crippen LogP contribution in [0.1, 0.15) is 0 Å². The monoisotopic (exact) mass is 260 g/mol. The van der Waals surface area contributed by atoms with Gasteiger partial charge in [-0.3, -0.25) is 10.1 Å². The van der Waals surface area contributed by atoms with Gasteiger partial charge in [0.2, 0.25) is 0 Å². The fourth-order valence-corrected chi connectivity index (χ4v) is 1.55. The third-order valence-electron chi connectivity index (χ3n) is 1.89. The van der Waals surface area contributed by atoms with E-state index in [0.717, 1.165) is 12.5 Å². The number of nitrogens with zero attached hydrogens (tertiary/aromatic N) is 2. The first kappa shape index (κ1) is 13.2. The van der Waals surface area contributed by atoms with Crippen molar-refractivity contribution in [1.29, 1.82) is 0 Å². The van der Waals surface area contributed by atoms with Crippen molar-refractivity contribution in [3.05, 3.63) is 22.4 Å². The fourth-order valence-electron chi connectivity index (χ4n) is 1.08. The van der Waals surface area contributed by atoms with Crippen LogP contribution in [0.15, 0.2) is 12.3 Å². The minimum Gasteiger partial charge on any atom is -0.393 e. The maximum atomic E-state index is 10.9. The predicted octanol–water partition coefficient (Wildman–Crippen LogP) is 0.0285. The van der Waals surface area contributed by atoms with Crippen molar-refractivity contribution in [1.82, 2.24) is 4.98 Å². The summed E-state index contributed by atoms with van der Waals surface area (Å²) in [5.74, 6) is 0.253. The van der Waals surface area contributed by atoms with Crippen LogP contribution >= 0.6 is 0 Å². The Morgan fingerprint density at radius 2 is 2.24 bits per heavy atom.